The van der Waals surface area contributed by atoms with Gasteiger partial charge in [0.2, 0.25) is 0 Å². The normalized spacial score (nSPS) is 10.5. The largest absolute Gasteiger partial charge is 0.495 e. The molecule has 0 amide bonds. The summed E-state index contributed by atoms with van der Waals surface area (Å²) < 4.78 is 33.0. The van der Waals surface area contributed by atoms with E-state index in [1.165, 1.54) is 13.2 Å². The van der Waals surface area contributed by atoms with Crippen molar-refractivity contribution in [2.75, 3.05) is 7.11 Å². The third-order valence-corrected chi connectivity index (χ3v) is 3.82. The number of halogens is 3. The van der Waals surface area contributed by atoms with Crippen LogP contribution >= 0.6 is 35.2 Å². The number of thiol groups is 1. The summed E-state index contributed by atoms with van der Waals surface area (Å²) in [7, 11) is 1.44. The van der Waals surface area contributed by atoms with Gasteiger partial charge in [-0.2, -0.15) is 0 Å². The molecule has 2 aromatic rings. The van der Waals surface area contributed by atoms with Crippen LogP contribution in [0.1, 0.15) is 0 Å². The van der Waals surface area contributed by atoms with Crippen LogP contribution in [-0.2, 0) is 0 Å². The average molecular weight is 378 g/mol. The van der Waals surface area contributed by atoms with Gasteiger partial charge in [0.25, 0.3) is 0 Å². The molecule has 5 heteroatoms. The average Bonchev–Trinajstić information content (AvgIpc) is 2.36. The highest BCUT2D eigenvalue weighted by atomic mass is 127. The van der Waals surface area contributed by atoms with E-state index >= 15 is 0 Å². The van der Waals surface area contributed by atoms with E-state index in [-0.39, 0.29) is 10.7 Å². The van der Waals surface area contributed by atoms with Gasteiger partial charge in [-0.25, -0.2) is 8.78 Å². The zero-order valence-electron chi connectivity index (χ0n) is 9.38. The Morgan fingerprint density at radius 2 is 1.89 bits per heavy atom. The second-order valence-corrected chi connectivity index (χ2v) is 5.22. The molecule has 0 spiro atoms. The van der Waals surface area contributed by atoms with Crippen molar-refractivity contribution in [1.82, 2.24) is 0 Å². The molecule has 0 fully saturated rings. The minimum Gasteiger partial charge on any atom is -0.495 e. The Balaban J connectivity index is 2.57. The Morgan fingerprint density at radius 3 is 2.50 bits per heavy atom. The summed E-state index contributed by atoms with van der Waals surface area (Å²) in [6.07, 6.45) is 0. The van der Waals surface area contributed by atoms with Gasteiger partial charge in [-0.05, 0) is 52.4 Å². The van der Waals surface area contributed by atoms with Gasteiger partial charge in [0.15, 0.2) is 0 Å². The Kier molecular flexibility index (Phi) is 4.11. The van der Waals surface area contributed by atoms with Crippen molar-refractivity contribution in [3.05, 3.63) is 45.5 Å². The van der Waals surface area contributed by atoms with Gasteiger partial charge in [0.05, 0.1) is 12.0 Å². The summed E-state index contributed by atoms with van der Waals surface area (Å²) >= 11 is 5.95. The molecule has 2 aromatic carbocycles. The molecule has 0 aliphatic heterocycles. The van der Waals surface area contributed by atoms with Crippen LogP contribution in [0, 0.1) is 15.2 Å². The van der Waals surface area contributed by atoms with Gasteiger partial charge in [-0.3, -0.25) is 0 Å². The van der Waals surface area contributed by atoms with Gasteiger partial charge < -0.3 is 4.74 Å². The molecule has 0 aliphatic carbocycles. The lowest BCUT2D eigenvalue weighted by atomic mass is 10.0. The molecule has 0 saturated heterocycles. The first kappa shape index (κ1) is 13.6. The number of hydrogen-bond acceptors (Lipinski definition) is 2. The van der Waals surface area contributed by atoms with Crippen LogP contribution < -0.4 is 4.74 Å². The van der Waals surface area contributed by atoms with E-state index < -0.39 is 5.82 Å². The summed E-state index contributed by atoms with van der Waals surface area (Å²) in [5.74, 6) is -0.534. The van der Waals surface area contributed by atoms with E-state index in [2.05, 4.69) is 12.6 Å². The lowest BCUT2D eigenvalue weighted by Gasteiger charge is -2.09. The van der Waals surface area contributed by atoms with Crippen LogP contribution in [-0.4, -0.2) is 7.11 Å². The number of benzene rings is 2. The topological polar surface area (TPSA) is 9.23 Å². The van der Waals surface area contributed by atoms with Gasteiger partial charge >= 0.3 is 0 Å². The van der Waals surface area contributed by atoms with Gasteiger partial charge in [0.1, 0.15) is 17.4 Å². The predicted octanol–water partition coefficient (Wildman–Crippen LogP) is 4.53. The molecule has 94 valence electrons. The molecule has 0 aliphatic rings. The fourth-order valence-corrected chi connectivity index (χ4v) is 2.22. The lowest BCUT2D eigenvalue weighted by Crippen LogP contribution is -1.92. The van der Waals surface area contributed by atoms with E-state index in [9.17, 15) is 8.78 Å². The number of hydrogen-bond donors (Lipinski definition) is 1. The van der Waals surface area contributed by atoms with Crippen molar-refractivity contribution in [3.63, 3.8) is 0 Å². The molecule has 0 bridgehead atoms. The molecule has 2 rings (SSSR count). The maximum Gasteiger partial charge on any atom is 0.148 e. The van der Waals surface area contributed by atoms with Crippen LogP contribution in [0.4, 0.5) is 8.78 Å². The molecule has 0 atom stereocenters. The lowest BCUT2D eigenvalue weighted by molar-refractivity contribution is 0.398. The van der Waals surface area contributed by atoms with E-state index in [1.54, 1.807) is 24.3 Å². The quantitative estimate of drug-likeness (QED) is 0.597. The minimum absolute atomic E-state index is 0.119. The highest BCUT2D eigenvalue weighted by molar-refractivity contribution is 14.1. The van der Waals surface area contributed by atoms with Crippen molar-refractivity contribution in [2.45, 2.75) is 4.90 Å². The molecule has 0 N–H and O–H groups in total. The van der Waals surface area contributed by atoms with E-state index in [1.807, 2.05) is 22.6 Å². The molecular formula is C13H9F2IOS. The predicted molar refractivity (Wildman–Crippen MR) is 78.3 cm³/mol. The van der Waals surface area contributed by atoms with Crippen LogP contribution in [0.5, 0.6) is 5.75 Å². The molecule has 0 aromatic heterocycles. The highest BCUT2D eigenvalue weighted by Gasteiger charge is 2.13. The molecule has 0 radical (unpaired) electrons. The molecular weight excluding hydrogens is 369 g/mol. The van der Waals surface area contributed by atoms with E-state index in [0.717, 1.165) is 0 Å². The Bertz CT molecular complexity index is 602. The Labute approximate surface area is 123 Å². The van der Waals surface area contributed by atoms with Crippen LogP contribution in [0.2, 0.25) is 0 Å². The zero-order chi connectivity index (χ0) is 13.3. The highest BCUT2D eigenvalue weighted by Crippen LogP contribution is 2.33. The van der Waals surface area contributed by atoms with Gasteiger partial charge in [0, 0.05) is 9.13 Å². The van der Waals surface area contributed by atoms with Crippen molar-refractivity contribution in [2.24, 2.45) is 0 Å². The second kappa shape index (κ2) is 5.44. The number of ether oxygens (including phenoxy) is 1. The maximum atomic E-state index is 14.1. The van der Waals surface area contributed by atoms with Crippen LogP contribution in [0.3, 0.4) is 0 Å². The van der Waals surface area contributed by atoms with E-state index in [0.29, 0.717) is 20.4 Å². The third-order valence-electron chi connectivity index (χ3n) is 2.53. The molecule has 0 heterocycles. The monoisotopic (exact) mass is 378 g/mol. The number of rotatable bonds is 2. The summed E-state index contributed by atoms with van der Waals surface area (Å²) in [6, 6.07) is 7.74. The Morgan fingerprint density at radius 1 is 1.17 bits per heavy atom. The van der Waals surface area contributed by atoms with Crippen molar-refractivity contribution in [3.8, 4) is 16.9 Å². The second-order valence-electron chi connectivity index (χ2n) is 3.61. The summed E-state index contributed by atoms with van der Waals surface area (Å²) in [4.78, 5) is 0.119. The smallest absolute Gasteiger partial charge is 0.148 e. The van der Waals surface area contributed by atoms with Crippen molar-refractivity contribution < 1.29 is 13.5 Å². The third kappa shape index (κ3) is 2.47. The maximum absolute atomic E-state index is 14.1. The standard InChI is InChI=1S/C13H9F2IOS/c1-17-11-5-3-8(12(15)13(11)18)7-2-4-10(16)9(14)6-7/h2-6,18H,1H3. The molecule has 18 heavy (non-hydrogen) atoms. The molecule has 1 nitrogen and oxygen atoms in total. The van der Waals surface area contributed by atoms with Crippen molar-refractivity contribution >= 4 is 35.2 Å². The summed E-state index contributed by atoms with van der Waals surface area (Å²) in [5, 5.41) is 0. The summed E-state index contributed by atoms with van der Waals surface area (Å²) in [6.45, 7) is 0. The first-order chi connectivity index (χ1) is 8.54. The zero-order valence-corrected chi connectivity index (χ0v) is 12.4. The van der Waals surface area contributed by atoms with Gasteiger partial charge in [-0.1, -0.05) is 6.07 Å². The van der Waals surface area contributed by atoms with Gasteiger partial charge in [-0.15, -0.1) is 12.6 Å². The fourth-order valence-electron chi connectivity index (χ4n) is 1.60. The Hall–Kier alpha value is -0.820. The molecule has 0 unspecified atom stereocenters. The SMILES string of the molecule is COc1ccc(-c2ccc(I)c(F)c2)c(F)c1S. The first-order valence-electron chi connectivity index (χ1n) is 5.05. The van der Waals surface area contributed by atoms with Crippen LogP contribution in [0.15, 0.2) is 35.2 Å². The van der Waals surface area contributed by atoms with Crippen molar-refractivity contribution in [1.29, 1.82) is 0 Å². The minimum atomic E-state index is -0.515. The molecule has 0 saturated carbocycles. The fraction of sp³-hybridized carbons (Fsp3) is 0.0769. The number of methoxy groups -OCH3 is 1. The van der Waals surface area contributed by atoms with E-state index in [4.69, 9.17) is 4.74 Å². The first-order valence-corrected chi connectivity index (χ1v) is 6.58. The summed E-state index contributed by atoms with van der Waals surface area (Å²) in [5.41, 5.74) is 0.777. The van der Waals surface area contributed by atoms with Crippen LogP contribution in [0.25, 0.3) is 11.1 Å².